The number of ether oxygens (including phenoxy) is 2. The Morgan fingerprint density at radius 3 is 2.21 bits per heavy atom. The third kappa shape index (κ3) is 3.46. The Balaban J connectivity index is 1.23. The molecule has 3 aliphatic rings. The predicted molar refractivity (Wildman–Crippen MR) is 129 cm³/mol. The molecule has 0 aromatic heterocycles. The number of fused-ring (bicyclic) bond motifs is 5. The summed E-state index contributed by atoms with van der Waals surface area (Å²) in [6, 6.07) is 25.2. The second-order valence-electron chi connectivity index (χ2n) is 9.18. The highest BCUT2D eigenvalue weighted by molar-refractivity contribution is 5.79. The van der Waals surface area contributed by atoms with Crippen molar-refractivity contribution in [1.29, 1.82) is 0 Å². The molecule has 166 valence electrons. The van der Waals surface area contributed by atoms with Crippen LogP contribution >= 0.6 is 0 Å². The second kappa shape index (κ2) is 8.20. The fourth-order valence-corrected chi connectivity index (χ4v) is 5.68. The number of carbonyl (C=O) groups excluding carboxylic acids is 1. The number of aryl methyl sites for hydroxylation is 1. The summed E-state index contributed by atoms with van der Waals surface area (Å²) >= 11 is 0. The van der Waals surface area contributed by atoms with Crippen molar-refractivity contribution in [2.45, 2.75) is 31.3 Å². The molecule has 1 amide bonds. The van der Waals surface area contributed by atoms with Gasteiger partial charge in [-0.1, -0.05) is 78.9 Å². The summed E-state index contributed by atoms with van der Waals surface area (Å²) in [5.74, 6) is 0.0697. The molecular weight excluding hydrogens is 410 g/mol. The maximum Gasteiger partial charge on any atom is 0.410 e. The number of amides is 1. The molecule has 1 aliphatic carbocycles. The van der Waals surface area contributed by atoms with E-state index in [0.29, 0.717) is 19.8 Å². The lowest BCUT2D eigenvalue weighted by Gasteiger charge is -2.44. The van der Waals surface area contributed by atoms with E-state index in [0.717, 1.165) is 6.42 Å². The van der Waals surface area contributed by atoms with E-state index in [9.17, 15) is 4.79 Å². The number of morpholine rings is 1. The topological polar surface area (TPSA) is 38.8 Å². The standard InChI is InChI=1S/C29H27NO3/c1-19-8-2-3-9-23(19)20-14-21-16-32-17-22(15-20)30(21)29(31)33-18-28-26-12-6-4-10-24(26)25-11-5-7-13-27(25)28/h2-14,21-22,28H,15-18H2,1H3. The Bertz CT molecular complexity index is 1200. The van der Waals surface area contributed by atoms with Crippen molar-refractivity contribution in [1.82, 2.24) is 4.90 Å². The van der Waals surface area contributed by atoms with Crippen molar-refractivity contribution in [3.8, 4) is 11.1 Å². The Hall–Kier alpha value is -3.37. The number of benzene rings is 3. The van der Waals surface area contributed by atoms with Crippen LogP contribution in [0.4, 0.5) is 4.79 Å². The van der Waals surface area contributed by atoms with Gasteiger partial charge >= 0.3 is 6.09 Å². The van der Waals surface area contributed by atoms with Crippen molar-refractivity contribution in [3.63, 3.8) is 0 Å². The maximum absolute atomic E-state index is 13.3. The van der Waals surface area contributed by atoms with Crippen LogP contribution in [0.1, 0.15) is 34.6 Å². The van der Waals surface area contributed by atoms with E-state index in [2.05, 4.69) is 85.8 Å². The molecule has 2 unspecified atom stereocenters. The molecule has 1 fully saturated rings. The number of carbonyl (C=O) groups is 1. The lowest BCUT2D eigenvalue weighted by atomic mass is 9.88. The van der Waals surface area contributed by atoms with Crippen LogP contribution < -0.4 is 0 Å². The van der Waals surface area contributed by atoms with Gasteiger partial charge in [0.2, 0.25) is 0 Å². The molecular formula is C29H27NO3. The van der Waals surface area contributed by atoms with Crippen LogP contribution in [0.3, 0.4) is 0 Å². The van der Waals surface area contributed by atoms with Crippen molar-refractivity contribution in [3.05, 3.63) is 101 Å². The SMILES string of the molecule is Cc1ccccc1C1=CC2COCC(C1)N2C(=O)OCC1c2ccccc2-c2ccccc21. The Labute approximate surface area is 194 Å². The van der Waals surface area contributed by atoms with Crippen LogP contribution in [0.25, 0.3) is 16.7 Å². The van der Waals surface area contributed by atoms with Gasteiger partial charge in [-0.2, -0.15) is 0 Å². The van der Waals surface area contributed by atoms with Gasteiger partial charge in [0.05, 0.1) is 25.3 Å². The molecule has 0 N–H and O–H groups in total. The molecule has 0 radical (unpaired) electrons. The fraction of sp³-hybridized carbons (Fsp3) is 0.276. The van der Waals surface area contributed by atoms with Crippen LogP contribution in [0, 0.1) is 6.92 Å². The first-order chi connectivity index (χ1) is 16.2. The minimum absolute atomic E-state index is 0.000920. The summed E-state index contributed by atoms with van der Waals surface area (Å²) in [6.45, 7) is 3.54. The zero-order chi connectivity index (χ0) is 22.4. The van der Waals surface area contributed by atoms with Gasteiger partial charge < -0.3 is 9.47 Å². The van der Waals surface area contributed by atoms with Crippen molar-refractivity contribution >= 4 is 11.7 Å². The summed E-state index contributed by atoms with van der Waals surface area (Å²) in [4.78, 5) is 15.2. The van der Waals surface area contributed by atoms with Gasteiger partial charge in [-0.25, -0.2) is 4.79 Å². The maximum atomic E-state index is 13.3. The first kappa shape index (κ1) is 20.3. The molecule has 4 heteroatoms. The molecule has 2 heterocycles. The molecule has 2 aliphatic heterocycles. The van der Waals surface area contributed by atoms with Gasteiger partial charge in [-0.3, -0.25) is 4.90 Å². The summed E-state index contributed by atoms with van der Waals surface area (Å²) in [7, 11) is 0. The third-order valence-electron chi connectivity index (χ3n) is 7.24. The Morgan fingerprint density at radius 1 is 0.909 bits per heavy atom. The largest absolute Gasteiger partial charge is 0.448 e. The van der Waals surface area contributed by atoms with Crippen LogP contribution in [0.2, 0.25) is 0 Å². The summed E-state index contributed by atoms with van der Waals surface area (Å²) in [6.07, 6.45) is 2.74. The number of hydrogen-bond acceptors (Lipinski definition) is 3. The highest BCUT2D eigenvalue weighted by Gasteiger charge is 2.40. The lowest BCUT2D eigenvalue weighted by Crippen LogP contribution is -2.56. The summed E-state index contributed by atoms with van der Waals surface area (Å²) < 4.78 is 11.8. The number of nitrogens with zero attached hydrogens (tertiary/aromatic N) is 1. The minimum Gasteiger partial charge on any atom is -0.448 e. The van der Waals surface area contributed by atoms with Gasteiger partial charge in [0.1, 0.15) is 6.61 Å². The van der Waals surface area contributed by atoms with Gasteiger partial charge in [-0.15, -0.1) is 0 Å². The van der Waals surface area contributed by atoms with Crippen LogP contribution in [-0.2, 0) is 9.47 Å². The van der Waals surface area contributed by atoms with Crippen molar-refractivity contribution < 1.29 is 14.3 Å². The molecule has 3 aromatic rings. The van der Waals surface area contributed by atoms with Crippen LogP contribution in [-0.4, -0.2) is 42.9 Å². The number of hydrogen-bond donors (Lipinski definition) is 0. The monoisotopic (exact) mass is 437 g/mol. The second-order valence-corrected chi connectivity index (χ2v) is 9.18. The normalized spacial score (nSPS) is 21.2. The molecule has 1 saturated heterocycles. The predicted octanol–water partition coefficient (Wildman–Crippen LogP) is 5.80. The van der Waals surface area contributed by atoms with Gasteiger partial charge in [0.15, 0.2) is 0 Å². The average molecular weight is 438 g/mol. The molecule has 33 heavy (non-hydrogen) atoms. The van der Waals surface area contributed by atoms with Crippen molar-refractivity contribution in [2.24, 2.45) is 0 Å². The van der Waals surface area contributed by atoms with E-state index in [-0.39, 0.29) is 24.1 Å². The molecule has 2 atom stereocenters. The van der Waals surface area contributed by atoms with E-state index in [1.54, 1.807) is 0 Å². The first-order valence-electron chi connectivity index (χ1n) is 11.7. The van der Waals surface area contributed by atoms with E-state index >= 15 is 0 Å². The Morgan fingerprint density at radius 2 is 1.55 bits per heavy atom. The Kier molecular flexibility index (Phi) is 5.03. The van der Waals surface area contributed by atoms with Crippen LogP contribution in [0.15, 0.2) is 78.9 Å². The summed E-state index contributed by atoms with van der Waals surface area (Å²) in [5, 5.41) is 0. The molecule has 6 rings (SSSR count). The van der Waals surface area contributed by atoms with E-state index in [1.165, 1.54) is 39.0 Å². The smallest absolute Gasteiger partial charge is 0.410 e. The van der Waals surface area contributed by atoms with E-state index in [4.69, 9.17) is 9.47 Å². The van der Waals surface area contributed by atoms with E-state index in [1.807, 2.05) is 4.90 Å². The zero-order valence-electron chi connectivity index (χ0n) is 18.7. The van der Waals surface area contributed by atoms with Gasteiger partial charge in [-0.05, 0) is 52.3 Å². The van der Waals surface area contributed by atoms with E-state index < -0.39 is 0 Å². The highest BCUT2D eigenvalue weighted by atomic mass is 16.6. The summed E-state index contributed by atoms with van der Waals surface area (Å²) in [5.41, 5.74) is 8.77. The molecule has 3 aromatic carbocycles. The highest BCUT2D eigenvalue weighted by Crippen LogP contribution is 2.44. The first-order valence-corrected chi connectivity index (χ1v) is 11.7. The number of rotatable bonds is 3. The minimum atomic E-state index is -0.241. The van der Waals surface area contributed by atoms with Crippen LogP contribution in [0.5, 0.6) is 0 Å². The average Bonchev–Trinajstić information content (AvgIpc) is 3.16. The van der Waals surface area contributed by atoms with Gasteiger partial charge in [0.25, 0.3) is 0 Å². The van der Waals surface area contributed by atoms with Crippen molar-refractivity contribution in [2.75, 3.05) is 19.8 Å². The lowest BCUT2D eigenvalue weighted by molar-refractivity contribution is -0.0331. The fourth-order valence-electron chi connectivity index (χ4n) is 5.68. The molecule has 2 bridgehead atoms. The molecule has 4 nitrogen and oxygen atoms in total. The zero-order valence-corrected chi connectivity index (χ0v) is 18.7. The molecule has 0 saturated carbocycles. The third-order valence-corrected chi connectivity index (χ3v) is 7.24. The molecule has 0 spiro atoms. The quantitative estimate of drug-likeness (QED) is 0.520. The van der Waals surface area contributed by atoms with Gasteiger partial charge in [0, 0.05) is 5.92 Å².